The molecule has 3 unspecified atom stereocenters. The summed E-state index contributed by atoms with van der Waals surface area (Å²) < 4.78 is 5.22. The Kier molecular flexibility index (Phi) is 7.15. The van der Waals surface area contributed by atoms with Crippen molar-refractivity contribution in [3.05, 3.63) is 0 Å². The number of urea groups is 1. The zero-order chi connectivity index (χ0) is 15.1. The van der Waals surface area contributed by atoms with Gasteiger partial charge in [0.2, 0.25) is 0 Å². The van der Waals surface area contributed by atoms with E-state index in [0.29, 0.717) is 25.6 Å². The van der Waals surface area contributed by atoms with Crippen molar-refractivity contribution >= 4 is 23.8 Å². The third kappa shape index (κ3) is 4.56. The molecule has 1 fully saturated rings. The van der Waals surface area contributed by atoms with Gasteiger partial charge >= 0.3 is 12.0 Å². The third-order valence-electron chi connectivity index (χ3n) is 3.42. The van der Waals surface area contributed by atoms with Crippen molar-refractivity contribution in [3.63, 3.8) is 0 Å². The predicted molar refractivity (Wildman–Crippen MR) is 79.1 cm³/mol. The lowest BCUT2D eigenvalue weighted by atomic mass is 10.0. The van der Waals surface area contributed by atoms with Crippen molar-refractivity contribution in [2.75, 3.05) is 38.3 Å². The minimum Gasteiger partial charge on any atom is -0.481 e. The molecule has 0 aromatic rings. The first-order valence-electron chi connectivity index (χ1n) is 6.85. The van der Waals surface area contributed by atoms with Gasteiger partial charge in [-0.05, 0) is 24.9 Å². The molecule has 0 radical (unpaired) electrons. The highest BCUT2D eigenvalue weighted by molar-refractivity contribution is 7.98. The first kappa shape index (κ1) is 17.1. The number of aliphatic carboxylic acids is 1. The van der Waals surface area contributed by atoms with Gasteiger partial charge in [-0.2, -0.15) is 11.8 Å². The van der Waals surface area contributed by atoms with E-state index in [2.05, 4.69) is 12.2 Å². The van der Waals surface area contributed by atoms with Gasteiger partial charge in [0.25, 0.3) is 0 Å². The van der Waals surface area contributed by atoms with Crippen LogP contribution in [0.4, 0.5) is 4.79 Å². The maximum absolute atomic E-state index is 12.2. The second-order valence-electron chi connectivity index (χ2n) is 5.08. The van der Waals surface area contributed by atoms with Gasteiger partial charge in [-0.25, -0.2) is 4.79 Å². The molecular formula is C13H24N2O4S. The Morgan fingerprint density at radius 2 is 2.20 bits per heavy atom. The van der Waals surface area contributed by atoms with Crippen LogP contribution in [0.15, 0.2) is 0 Å². The molecule has 6 nitrogen and oxygen atoms in total. The average Bonchev–Trinajstić information content (AvgIpc) is 2.87. The molecule has 7 heteroatoms. The summed E-state index contributed by atoms with van der Waals surface area (Å²) in [6.45, 7) is 5.46. The third-order valence-corrected chi connectivity index (χ3v) is 4.32. The molecule has 0 saturated carbocycles. The van der Waals surface area contributed by atoms with E-state index in [-0.39, 0.29) is 18.7 Å². The van der Waals surface area contributed by atoms with E-state index >= 15 is 0 Å². The van der Waals surface area contributed by atoms with Crippen LogP contribution in [0.1, 0.15) is 13.8 Å². The summed E-state index contributed by atoms with van der Waals surface area (Å²) in [6, 6.07) is -0.587. The number of nitrogens with zero attached hydrogens (tertiary/aromatic N) is 1. The van der Waals surface area contributed by atoms with Crippen LogP contribution in [0.3, 0.4) is 0 Å². The number of nitrogens with one attached hydrogen (secondary N) is 1. The number of thioether (sulfide) groups is 1. The van der Waals surface area contributed by atoms with Gasteiger partial charge in [0.1, 0.15) is 5.92 Å². The van der Waals surface area contributed by atoms with E-state index in [1.807, 2.05) is 13.2 Å². The standard InChI is InChI=1S/C13H24N2O4S/c1-4-15(11-7-19-6-10(11)12(16)17)13(18)14-5-9(2)8-20-3/h9-11H,4-8H2,1-3H3,(H,14,18)(H,16,17). The Morgan fingerprint density at radius 3 is 2.75 bits per heavy atom. The van der Waals surface area contributed by atoms with Crippen LogP contribution in [-0.4, -0.2) is 66.4 Å². The SMILES string of the molecule is CCN(C(=O)NCC(C)CSC)C1COCC1C(=O)O. The van der Waals surface area contributed by atoms with Gasteiger partial charge < -0.3 is 20.1 Å². The summed E-state index contributed by atoms with van der Waals surface area (Å²) in [5.74, 6) is -0.168. The van der Waals surface area contributed by atoms with Crippen LogP contribution in [0, 0.1) is 11.8 Å². The molecule has 1 heterocycles. The molecule has 20 heavy (non-hydrogen) atoms. The molecule has 0 aromatic carbocycles. The molecule has 2 amide bonds. The van der Waals surface area contributed by atoms with E-state index in [1.54, 1.807) is 16.7 Å². The van der Waals surface area contributed by atoms with Gasteiger partial charge in [0.05, 0.1) is 19.3 Å². The van der Waals surface area contributed by atoms with E-state index in [4.69, 9.17) is 9.84 Å². The molecule has 1 aliphatic rings. The number of hydrogen-bond acceptors (Lipinski definition) is 4. The van der Waals surface area contributed by atoms with Gasteiger partial charge in [-0.3, -0.25) is 4.79 Å². The maximum Gasteiger partial charge on any atom is 0.317 e. The number of hydrogen-bond donors (Lipinski definition) is 2. The average molecular weight is 304 g/mol. The van der Waals surface area contributed by atoms with Crippen molar-refractivity contribution in [2.24, 2.45) is 11.8 Å². The Labute approximate surface area is 124 Å². The number of ether oxygens (including phenoxy) is 1. The molecule has 1 aliphatic heterocycles. The largest absolute Gasteiger partial charge is 0.481 e. The van der Waals surface area contributed by atoms with Crippen molar-refractivity contribution < 1.29 is 19.4 Å². The lowest BCUT2D eigenvalue weighted by molar-refractivity contribution is -0.142. The summed E-state index contributed by atoms with van der Waals surface area (Å²) >= 11 is 1.74. The fourth-order valence-corrected chi connectivity index (χ4v) is 3.01. The highest BCUT2D eigenvalue weighted by Crippen LogP contribution is 2.20. The number of carboxylic acid groups (broad SMARTS) is 1. The highest BCUT2D eigenvalue weighted by atomic mass is 32.2. The van der Waals surface area contributed by atoms with Crippen LogP contribution in [0.5, 0.6) is 0 Å². The molecular weight excluding hydrogens is 280 g/mol. The van der Waals surface area contributed by atoms with Gasteiger partial charge in [0.15, 0.2) is 0 Å². The van der Waals surface area contributed by atoms with Crippen LogP contribution in [0.2, 0.25) is 0 Å². The molecule has 1 rings (SSSR count). The van der Waals surface area contributed by atoms with Gasteiger partial charge in [0, 0.05) is 13.1 Å². The predicted octanol–water partition coefficient (Wildman–Crippen LogP) is 1.12. The first-order chi connectivity index (χ1) is 9.51. The lowest BCUT2D eigenvalue weighted by Crippen LogP contribution is -2.51. The second-order valence-corrected chi connectivity index (χ2v) is 5.99. The van der Waals surface area contributed by atoms with E-state index < -0.39 is 11.9 Å². The lowest BCUT2D eigenvalue weighted by Gasteiger charge is -2.29. The first-order valence-corrected chi connectivity index (χ1v) is 8.24. The second kappa shape index (κ2) is 8.36. The monoisotopic (exact) mass is 304 g/mol. The van der Waals surface area contributed by atoms with Gasteiger partial charge in [-0.15, -0.1) is 0 Å². The van der Waals surface area contributed by atoms with E-state index in [9.17, 15) is 9.59 Å². The fraction of sp³-hybridized carbons (Fsp3) is 0.846. The summed E-state index contributed by atoms with van der Waals surface area (Å²) in [4.78, 5) is 24.9. The van der Waals surface area contributed by atoms with Gasteiger partial charge in [-0.1, -0.05) is 6.92 Å². The zero-order valence-electron chi connectivity index (χ0n) is 12.3. The topological polar surface area (TPSA) is 78.9 Å². The van der Waals surface area contributed by atoms with Crippen LogP contribution < -0.4 is 5.32 Å². The van der Waals surface area contributed by atoms with Crippen molar-refractivity contribution in [1.82, 2.24) is 10.2 Å². The number of carboxylic acids is 1. The molecule has 0 aromatic heterocycles. The minimum atomic E-state index is -0.908. The zero-order valence-corrected chi connectivity index (χ0v) is 13.1. The summed E-state index contributed by atoms with van der Waals surface area (Å²) in [7, 11) is 0. The Hall–Kier alpha value is -0.950. The number of carbonyl (C=O) groups is 2. The minimum absolute atomic E-state index is 0.173. The summed E-state index contributed by atoms with van der Waals surface area (Å²) in [5, 5.41) is 12.0. The Balaban J connectivity index is 2.56. The summed E-state index contributed by atoms with van der Waals surface area (Å²) in [6.07, 6.45) is 2.03. The Bertz CT molecular complexity index is 340. The molecule has 0 aliphatic carbocycles. The van der Waals surface area contributed by atoms with Crippen LogP contribution in [-0.2, 0) is 9.53 Å². The van der Waals surface area contributed by atoms with E-state index in [0.717, 1.165) is 5.75 Å². The smallest absolute Gasteiger partial charge is 0.317 e. The number of rotatable bonds is 7. The van der Waals surface area contributed by atoms with Crippen LogP contribution in [0.25, 0.3) is 0 Å². The maximum atomic E-state index is 12.2. The molecule has 2 N–H and O–H groups in total. The quantitative estimate of drug-likeness (QED) is 0.737. The number of amides is 2. The fourth-order valence-electron chi connectivity index (χ4n) is 2.32. The van der Waals surface area contributed by atoms with E-state index in [1.165, 1.54) is 0 Å². The van der Waals surface area contributed by atoms with Crippen LogP contribution >= 0.6 is 11.8 Å². The van der Waals surface area contributed by atoms with Crippen molar-refractivity contribution in [3.8, 4) is 0 Å². The number of likely N-dealkylation sites (N-methyl/N-ethyl adjacent to an activating group) is 1. The normalized spacial score (nSPS) is 23.4. The summed E-state index contributed by atoms with van der Waals surface area (Å²) in [5.41, 5.74) is 0. The molecule has 0 spiro atoms. The van der Waals surface area contributed by atoms with Crippen molar-refractivity contribution in [2.45, 2.75) is 19.9 Å². The highest BCUT2D eigenvalue weighted by Gasteiger charge is 2.39. The molecule has 116 valence electrons. The molecule has 3 atom stereocenters. The van der Waals surface area contributed by atoms with Crippen molar-refractivity contribution in [1.29, 1.82) is 0 Å². The molecule has 0 bridgehead atoms. The molecule has 1 saturated heterocycles. The number of carbonyl (C=O) groups excluding carboxylic acids is 1. The Morgan fingerprint density at radius 1 is 1.50 bits per heavy atom.